The van der Waals surface area contributed by atoms with Crippen LogP contribution in [0.1, 0.15) is 29.7 Å². The standard InChI is InChI=1S/C24H24N2O2/c1-2-18-8-10-19(11-9-18)15-26-23(16-28-17-24(26)27)22-14-25-13-12-21(22)20-6-4-3-5-7-20/h3-14,23H,2,15-17H2,1H3. The van der Waals surface area contributed by atoms with Crippen LogP contribution >= 0.6 is 0 Å². The highest BCUT2D eigenvalue weighted by Crippen LogP contribution is 2.33. The van der Waals surface area contributed by atoms with Crippen LogP contribution in [0.2, 0.25) is 0 Å². The molecule has 1 unspecified atom stereocenters. The summed E-state index contributed by atoms with van der Waals surface area (Å²) in [5.74, 6) is 0.0127. The first kappa shape index (κ1) is 18.4. The monoisotopic (exact) mass is 372 g/mol. The Bertz CT molecular complexity index is 938. The molecule has 1 aliphatic heterocycles. The molecule has 28 heavy (non-hydrogen) atoms. The molecule has 142 valence electrons. The average Bonchev–Trinajstić information content (AvgIpc) is 2.76. The van der Waals surface area contributed by atoms with Gasteiger partial charge in [0, 0.05) is 24.5 Å². The molecular weight excluding hydrogens is 348 g/mol. The van der Waals surface area contributed by atoms with Crippen molar-refractivity contribution in [2.75, 3.05) is 13.2 Å². The molecule has 4 nitrogen and oxygen atoms in total. The van der Waals surface area contributed by atoms with Crippen molar-refractivity contribution in [3.05, 3.63) is 89.7 Å². The molecule has 0 bridgehead atoms. The first-order valence-electron chi connectivity index (χ1n) is 9.70. The van der Waals surface area contributed by atoms with Gasteiger partial charge in [0.1, 0.15) is 6.61 Å². The minimum absolute atomic E-state index is 0.0127. The lowest BCUT2D eigenvalue weighted by molar-refractivity contribution is -0.149. The van der Waals surface area contributed by atoms with E-state index in [-0.39, 0.29) is 18.6 Å². The van der Waals surface area contributed by atoms with Crippen LogP contribution < -0.4 is 0 Å². The maximum absolute atomic E-state index is 12.7. The number of rotatable bonds is 5. The second kappa shape index (κ2) is 8.36. The van der Waals surface area contributed by atoms with Crippen molar-refractivity contribution in [1.82, 2.24) is 9.88 Å². The molecular formula is C24H24N2O2. The molecule has 0 N–H and O–H groups in total. The number of aryl methyl sites for hydroxylation is 1. The average molecular weight is 372 g/mol. The molecule has 1 fully saturated rings. The van der Waals surface area contributed by atoms with Crippen molar-refractivity contribution in [2.45, 2.75) is 25.9 Å². The van der Waals surface area contributed by atoms with Gasteiger partial charge in [-0.15, -0.1) is 0 Å². The number of aromatic nitrogens is 1. The van der Waals surface area contributed by atoms with Gasteiger partial charge >= 0.3 is 0 Å². The molecule has 0 saturated carbocycles. The van der Waals surface area contributed by atoms with Crippen molar-refractivity contribution in [3.63, 3.8) is 0 Å². The summed E-state index contributed by atoms with van der Waals surface area (Å²) in [6, 6.07) is 20.6. The smallest absolute Gasteiger partial charge is 0.249 e. The maximum Gasteiger partial charge on any atom is 0.249 e. The van der Waals surface area contributed by atoms with Crippen LogP contribution in [0.4, 0.5) is 0 Å². The Hall–Kier alpha value is -2.98. The molecule has 4 rings (SSSR count). The van der Waals surface area contributed by atoms with Gasteiger partial charge in [-0.25, -0.2) is 0 Å². The van der Waals surface area contributed by atoms with Gasteiger partial charge in [0.05, 0.1) is 12.6 Å². The number of carbonyl (C=O) groups is 1. The van der Waals surface area contributed by atoms with Crippen molar-refractivity contribution in [2.24, 2.45) is 0 Å². The van der Waals surface area contributed by atoms with Crippen LogP contribution in [-0.2, 0) is 22.5 Å². The molecule has 0 spiro atoms. The van der Waals surface area contributed by atoms with E-state index in [2.05, 4.69) is 48.3 Å². The molecule has 1 aromatic heterocycles. The van der Waals surface area contributed by atoms with Gasteiger partial charge in [-0.1, -0.05) is 61.5 Å². The van der Waals surface area contributed by atoms with Gasteiger partial charge in [0.25, 0.3) is 0 Å². The van der Waals surface area contributed by atoms with Crippen LogP contribution in [0.15, 0.2) is 73.1 Å². The number of nitrogens with zero attached hydrogens (tertiary/aromatic N) is 2. The fraction of sp³-hybridized carbons (Fsp3) is 0.250. The summed E-state index contributed by atoms with van der Waals surface area (Å²) in [5.41, 5.74) is 5.65. The maximum atomic E-state index is 12.7. The Balaban J connectivity index is 1.68. The Labute approximate surface area is 165 Å². The van der Waals surface area contributed by atoms with Crippen LogP contribution in [0.25, 0.3) is 11.1 Å². The second-order valence-corrected chi connectivity index (χ2v) is 7.05. The number of amides is 1. The second-order valence-electron chi connectivity index (χ2n) is 7.05. The highest BCUT2D eigenvalue weighted by atomic mass is 16.5. The number of ether oxygens (including phenoxy) is 1. The van der Waals surface area contributed by atoms with E-state index in [9.17, 15) is 4.79 Å². The first-order valence-corrected chi connectivity index (χ1v) is 9.70. The quantitative estimate of drug-likeness (QED) is 0.666. The Kier molecular flexibility index (Phi) is 5.49. The van der Waals surface area contributed by atoms with Crippen molar-refractivity contribution < 1.29 is 9.53 Å². The minimum atomic E-state index is -0.156. The third-order valence-corrected chi connectivity index (χ3v) is 5.28. The molecule has 3 aromatic rings. The third-order valence-electron chi connectivity index (χ3n) is 5.28. The zero-order chi connectivity index (χ0) is 19.3. The van der Waals surface area contributed by atoms with Gasteiger partial charge in [-0.3, -0.25) is 9.78 Å². The van der Waals surface area contributed by atoms with Crippen molar-refractivity contribution in [3.8, 4) is 11.1 Å². The van der Waals surface area contributed by atoms with Gasteiger partial charge in [-0.2, -0.15) is 0 Å². The highest BCUT2D eigenvalue weighted by Gasteiger charge is 2.31. The number of morpholine rings is 1. The fourth-order valence-electron chi connectivity index (χ4n) is 3.69. The topological polar surface area (TPSA) is 42.4 Å². The molecule has 0 radical (unpaired) electrons. The number of benzene rings is 2. The Morgan fingerprint density at radius 3 is 2.54 bits per heavy atom. The molecule has 2 heterocycles. The highest BCUT2D eigenvalue weighted by molar-refractivity contribution is 5.79. The lowest BCUT2D eigenvalue weighted by Gasteiger charge is -2.36. The number of hydrogen-bond acceptors (Lipinski definition) is 3. The third kappa shape index (κ3) is 3.82. The fourth-order valence-corrected chi connectivity index (χ4v) is 3.69. The normalized spacial score (nSPS) is 17.0. The predicted molar refractivity (Wildman–Crippen MR) is 110 cm³/mol. The molecule has 2 aromatic carbocycles. The predicted octanol–water partition coefficient (Wildman–Crippen LogP) is 4.41. The summed E-state index contributed by atoms with van der Waals surface area (Å²) < 4.78 is 5.63. The lowest BCUT2D eigenvalue weighted by Crippen LogP contribution is -2.43. The molecule has 0 aliphatic carbocycles. The van der Waals surface area contributed by atoms with Gasteiger partial charge in [-0.05, 0) is 34.7 Å². The van der Waals surface area contributed by atoms with Gasteiger partial charge < -0.3 is 9.64 Å². The van der Waals surface area contributed by atoms with E-state index in [0.29, 0.717) is 13.2 Å². The van der Waals surface area contributed by atoms with E-state index >= 15 is 0 Å². The van der Waals surface area contributed by atoms with Crippen LogP contribution in [-0.4, -0.2) is 29.0 Å². The summed E-state index contributed by atoms with van der Waals surface area (Å²) in [6.07, 6.45) is 4.67. The van der Waals surface area contributed by atoms with Crippen LogP contribution in [0, 0.1) is 0 Å². The molecule has 1 aliphatic rings. The van der Waals surface area contributed by atoms with E-state index in [1.807, 2.05) is 35.4 Å². The number of pyridine rings is 1. The zero-order valence-corrected chi connectivity index (χ0v) is 16.0. The van der Waals surface area contributed by atoms with E-state index in [0.717, 1.165) is 28.7 Å². The van der Waals surface area contributed by atoms with E-state index in [1.165, 1.54) is 5.56 Å². The minimum Gasteiger partial charge on any atom is -0.369 e. The van der Waals surface area contributed by atoms with Crippen molar-refractivity contribution >= 4 is 5.91 Å². The van der Waals surface area contributed by atoms with Crippen molar-refractivity contribution in [1.29, 1.82) is 0 Å². The molecule has 1 amide bonds. The summed E-state index contributed by atoms with van der Waals surface area (Å²) >= 11 is 0. The molecule has 1 saturated heterocycles. The zero-order valence-electron chi connectivity index (χ0n) is 16.0. The summed E-state index contributed by atoms with van der Waals surface area (Å²) in [5, 5.41) is 0. The van der Waals surface area contributed by atoms with Crippen LogP contribution in [0.3, 0.4) is 0 Å². The number of hydrogen-bond donors (Lipinski definition) is 0. The molecule has 1 atom stereocenters. The summed E-state index contributed by atoms with van der Waals surface area (Å²) in [6.45, 7) is 3.32. The van der Waals surface area contributed by atoms with Crippen LogP contribution in [0.5, 0.6) is 0 Å². The van der Waals surface area contributed by atoms with Gasteiger partial charge in [0.15, 0.2) is 0 Å². The lowest BCUT2D eigenvalue weighted by atomic mass is 9.95. The Morgan fingerprint density at radius 1 is 1.04 bits per heavy atom. The number of carbonyl (C=O) groups excluding carboxylic acids is 1. The van der Waals surface area contributed by atoms with E-state index < -0.39 is 0 Å². The summed E-state index contributed by atoms with van der Waals surface area (Å²) in [4.78, 5) is 19.0. The summed E-state index contributed by atoms with van der Waals surface area (Å²) in [7, 11) is 0. The largest absolute Gasteiger partial charge is 0.369 e. The van der Waals surface area contributed by atoms with Gasteiger partial charge in [0.2, 0.25) is 5.91 Å². The van der Waals surface area contributed by atoms with E-state index in [4.69, 9.17) is 4.74 Å². The van der Waals surface area contributed by atoms with E-state index in [1.54, 1.807) is 6.20 Å². The first-order chi connectivity index (χ1) is 13.8. The SMILES string of the molecule is CCc1ccc(CN2C(=O)COCC2c2cnccc2-c2ccccc2)cc1. The Morgan fingerprint density at radius 2 is 1.79 bits per heavy atom. The molecule has 4 heteroatoms.